The fourth-order valence-corrected chi connectivity index (χ4v) is 2.18. The number of para-hydroxylation sites is 1. The topological polar surface area (TPSA) is 59.0 Å². The van der Waals surface area contributed by atoms with Crippen LogP contribution in [0.3, 0.4) is 0 Å². The number of hydrogen-bond donors (Lipinski definition) is 2. The molecule has 0 aliphatic heterocycles. The Morgan fingerprint density at radius 2 is 1.95 bits per heavy atom. The van der Waals surface area contributed by atoms with Crippen LogP contribution in [0, 0.1) is 13.8 Å². The quantitative estimate of drug-likeness (QED) is 0.898. The number of hydrogen-bond acceptors (Lipinski definition) is 2. The lowest BCUT2D eigenvalue weighted by Crippen LogP contribution is -2.30. The lowest BCUT2D eigenvalue weighted by Gasteiger charge is -2.07. The van der Waals surface area contributed by atoms with Gasteiger partial charge in [-0.1, -0.05) is 18.2 Å². The van der Waals surface area contributed by atoms with Gasteiger partial charge in [0, 0.05) is 25.0 Å². The van der Waals surface area contributed by atoms with E-state index >= 15 is 0 Å². The van der Waals surface area contributed by atoms with E-state index in [-0.39, 0.29) is 6.03 Å². The van der Waals surface area contributed by atoms with Crippen LogP contribution in [0.15, 0.2) is 30.3 Å². The van der Waals surface area contributed by atoms with Gasteiger partial charge in [0.25, 0.3) is 0 Å². The highest BCUT2D eigenvalue weighted by Crippen LogP contribution is 2.11. The summed E-state index contributed by atoms with van der Waals surface area (Å²) in [6, 6.07) is 9.21. The van der Waals surface area contributed by atoms with Crippen LogP contribution in [0.5, 0.6) is 0 Å². The van der Waals surface area contributed by atoms with Crippen LogP contribution in [-0.4, -0.2) is 22.4 Å². The van der Waals surface area contributed by atoms with E-state index in [9.17, 15) is 4.79 Å². The lowest BCUT2D eigenvalue weighted by atomic mass is 10.1. The molecule has 1 aromatic carbocycles. The van der Waals surface area contributed by atoms with E-state index in [2.05, 4.69) is 15.7 Å². The maximum atomic E-state index is 11.7. The Labute approximate surface area is 119 Å². The molecule has 2 aromatic rings. The van der Waals surface area contributed by atoms with Crippen molar-refractivity contribution < 1.29 is 4.79 Å². The van der Waals surface area contributed by atoms with E-state index in [0.717, 1.165) is 23.5 Å². The third-order valence-corrected chi connectivity index (χ3v) is 3.35. The van der Waals surface area contributed by atoms with Gasteiger partial charge in [0.2, 0.25) is 0 Å². The minimum absolute atomic E-state index is 0.185. The zero-order valence-corrected chi connectivity index (χ0v) is 12.1. The van der Waals surface area contributed by atoms with Crippen LogP contribution in [0.1, 0.15) is 17.0 Å². The molecule has 5 nitrogen and oxygen atoms in total. The number of rotatable bonds is 4. The fraction of sp³-hybridized carbons (Fsp3) is 0.333. The van der Waals surface area contributed by atoms with E-state index in [1.165, 1.54) is 5.56 Å². The van der Waals surface area contributed by atoms with Gasteiger partial charge in [-0.25, -0.2) is 4.79 Å². The molecule has 0 saturated heterocycles. The first kappa shape index (κ1) is 14.1. The number of carbonyl (C=O) groups is 1. The molecule has 1 heterocycles. The Bertz CT molecular complexity index is 589. The maximum absolute atomic E-state index is 11.7. The number of nitrogens with zero attached hydrogens (tertiary/aromatic N) is 2. The molecule has 106 valence electrons. The van der Waals surface area contributed by atoms with Gasteiger partial charge in [0.1, 0.15) is 0 Å². The Balaban J connectivity index is 1.82. The van der Waals surface area contributed by atoms with Crippen molar-refractivity contribution in [3.63, 3.8) is 0 Å². The predicted octanol–water partition coefficient (Wildman–Crippen LogP) is 2.40. The molecule has 0 saturated carbocycles. The molecule has 0 unspecified atom stereocenters. The molecule has 1 aromatic heterocycles. The highest BCUT2D eigenvalue weighted by molar-refractivity contribution is 5.89. The Kier molecular flexibility index (Phi) is 4.40. The first-order valence-electron chi connectivity index (χ1n) is 6.67. The minimum Gasteiger partial charge on any atom is -0.338 e. The molecule has 0 fully saturated rings. The van der Waals surface area contributed by atoms with Crippen molar-refractivity contribution in [1.82, 2.24) is 15.1 Å². The van der Waals surface area contributed by atoms with Crippen LogP contribution in [-0.2, 0) is 13.5 Å². The van der Waals surface area contributed by atoms with Gasteiger partial charge < -0.3 is 10.6 Å². The minimum atomic E-state index is -0.185. The SMILES string of the molecule is Cc1nn(C)c(C)c1CCNC(=O)Nc1ccccc1. The predicted molar refractivity (Wildman–Crippen MR) is 79.8 cm³/mol. The third-order valence-electron chi connectivity index (χ3n) is 3.35. The summed E-state index contributed by atoms with van der Waals surface area (Å²) in [6.07, 6.45) is 0.785. The monoisotopic (exact) mass is 272 g/mol. The average Bonchev–Trinajstić information content (AvgIpc) is 2.66. The van der Waals surface area contributed by atoms with E-state index in [1.807, 2.05) is 55.9 Å². The van der Waals surface area contributed by atoms with Gasteiger partial charge in [0.05, 0.1) is 5.69 Å². The summed E-state index contributed by atoms with van der Waals surface area (Å²) >= 11 is 0. The van der Waals surface area contributed by atoms with Crippen molar-refractivity contribution in [3.8, 4) is 0 Å². The number of urea groups is 1. The molecule has 0 aliphatic carbocycles. The van der Waals surface area contributed by atoms with Crippen LogP contribution in [0.25, 0.3) is 0 Å². The second kappa shape index (κ2) is 6.23. The molecule has 0 spiro atoms. The third kappa shape index (κ3) is 3.38. The summed E-state index contributed by atoms with van der Waals surface area (Å²) < 4.78 is 1.87. The second-order valence-corrected chi connectivity index (χ2v) is 4.77. The number of aryl methyl sites for hydroxylation is 2. The zero-order chi connectivity index (χ0) is 14.5. The van der Waals surface area contributed by atoms with E-state index in [1.54, 1.807) is 0 Å². The van der Waals surface area contributed by atoms with Crippen molar-refractivity contribution in [1.29, 1.82) is 0 Å². The smallest absolute Gasteiger partial charge is 0.319 e. The molecule has 2 amide bonds. The summed E-state index contributed by atoms with van der Waals surface area (Å²) in [4.78, 5) is 11.7. The molecule has 0 atom stereocenters. The number of amides is 2. The van der Waals surface area contributed by atoms with Crippen LogP contribution < -0.4 is 10.6 Å². The van der Waals surface area contributed by atoms with Gasteiger partial charge >= 0.3 is 6.03 Å². The summed E-state index contributed by atoms with van der Waals surface area (Å²) in [7, 11) is 1.93. The summed E-state index contributed by atoms with van der Waals surface area (Å²) in [5.74, 6) is 0. The van der Waals surface area contributed by atoms with Crippen LogP contribution in [0.4, 0.5) is 10.5 Å². The molecular formula is C15H20N4O. The van der Waals surface area contributed by atoms with Gasteiger partial charge in [-0.2, -0.15) is 5.10 Å². The Hall–Kier alpha value is -2.30. The number of nitrogens with one attached hydrogen (secondary N) is 2. The number of benzene rings is 1. The number of anilines is 1. The second-order valence-electron chi connectivity index (χ2n) is 4.77. The van der Waals surface area contributed by atoms with Gasteiger partial charge in [0.15, 0.2) is 0 Å². The van der Waals surface area contributed by atoms with Crippen molar-refractivity contribution in [2.75, 3.05) is 11.9 Å². The zero-order valence-electron chi connectivity index (χ0n) is 12.1. The molecule has 0 radical (unpaired) electrons. The van der Waals surface area contributed by atoms with Crippen molar-refractivity contribution in [2.45, 2.75) is 20.3 Å². The first-order chi connectivity index (χ1) is 9.58. The molecule has 2 rings (SSSR count). The van der Waals surface area contributed by atoms with Crippen LogP contribution in [0.2, 0.25) is 0 Å². The summed E-state index contributed by atoms with van der Waals surface area (Å²) in [5.41, 5.74) is 4.16. The highest BCUT2D eigenvalue weighted by Gasteiger charge is 2.09. The van der Waals surface area contributed by atoms with E-state index in [4.69, 9.17) is 0 Å². The molecule has 5 heteroatoms. The average molecular weight is 272 g/mol. The Morgan fingerprint density at radius 1 is 1.25 bits per heavy atom. The van der Waals surface area contributed by atoms with Gasteiger partial charge in [-0.3, -0.25) is 4.68 Å². The fourth-order valence-electron chi connectivity index (χ4n) is 2.18. The van der Waals surface area contributed by atoms with Crippen LogP contribution >= 0.6 is 0 Å². The molecule has 2 N–H and O–H groups in total. The summed E-state index contributed by atoms with van der Waals surface area (Å²) in [6.45, 7) is 4.62. The van der Waals surface area contributed by atoms with Gasteiger partial charge in [-0.15, -0.1) is 0 Å². The molecule has 20 heavy (non-hydrogen) atoms. The van der Waals surface area contributed by atoms with E-state index in [0.29, 0.717) is 6.54 Å². The van der Waals surface area contributed by atoms with Crippen molar-refractivity contribution in [2.24, 2.45) is 7.05 Å². The summed E-state index contributed by atoms with van der Waals surface area (Å²) in [5, 5.41) is 10.0. The van der Waals surface area contributed by atoms with Crippen molar-refractivity contribution >= 4 is 11.7 Å². The largest absolute Gasteiger partial charge is 0.338 e. The number of aromatic nitrogens is 2. The number of carbonyl (C=O) groups excluding carboxylic acids is 1. The van der Waals surface area contributed by atoms with Crippen molar-refractivity contribution in [3.05, 3.63) is 47.3 Å². The normalized spacial score (nSPS) is 10.3. The maximum Gasteiger partial charge on any atom is 0.319 e. The molecule has 0 bridgehead atoms. The lowest BCUT2D eigenvalue weighted by molar-refractivity contribution is 0.252. The molecule has 0 aliphatic rings. The highest BCUT2D eigenvalue weighted by atomic mass is 16.2. The first-order valence-corrected chi connectivity index (χ1v) is 6.67. The Morgan fingerprint density at radius 3 is 2.55 bits per heavy atom. The molecular weight excluding hydrogens is 252 g/mol. The van der Waals surface area contributed by atoms with Gasteiger partial charge in [-0.05, 0) is 38.0 Å². The standard InChI is InChI=1S/C15H20N4O/c1-11-14(12(2)19(3)18-11)9-10-16-15(20)17-13-7-5-4-6-8-13/h4-8H,9-10H2,1-3H3,(H2,16,17,20). The van der Waals surface area contributed by atoms with E-state index < -0.39 is 0 Å².